The first-order valence-corrected chi connectivity index (χ1v) is 4.26. The summed E-state index contributed by atoms with van der Waals surface area (Å²) in [6, 6.07) is 8.28. The van der Waals surface area contributed by atoms with Crippen molar-refractivity contribution in [1.82, 2.24) is 0 Å². The van der Waals surface area contributed by atoms with Gasteiger partial charge in [0.25, 0.3) is 0 Å². The summed E-state index contributed by atoms with van der Waals surface area (Å²) in [6.45, 7) is 7.27. The first-order valence-electron chi connectivity index (χ1n) is 4.26. The van der Waals surface area contributed by atoms with Gasteiger partial charge < -0.3 is 11.7 Å². The van der Waals surface area contributed by atoms with E-state index in [0.29, 0.717) is 6.61 Å². The second-order valence-corrected chi connectivity index (χ2v) is 2.83. The Kier molecular flexibility index (Phi) is 7.68. The van der Waals surface area contributed by atoms with Crippen molar-refractivity contribution >= 4 is 0 Å². The van der Waals surface area contributed by atoms with Gasteiger partial charge in [-0.3, -0.25) is 0 Å². The first-order chi connectivity index (χ1) is 5.84. The summed E-state index contributed by atoms with van der Waals surface area (Å²) in [5.41, 5.74) is 2.56. The maximum atomic E-state index is 5.39. The Bertz CT molecular complexity index is 235. The molecule has 0 unspecified atom stereocenters. The summed E-state index contributed by atoms with van der Waals surface area (Å²) >= 11 is 0. The van der Waals surface area contributed by atoms with Crippen LogP contribution in [0.5, 0.6) is 0 Å². The van der Waals surface area contributed by atoms with E-state index in [2.05, 4.69) is 26.0 Å². The van der Waals surface area contributed by atoms with Crippen LogP contribution in [0, 0.1) is 13.8 Å². The van der Waals surface area contributed by atoms with Gasteiger partial charge in [-0.1, -0.05) is 24.3 Å². The van der Waals surface area contributed by atoms with E-state index in [4.69, 9.17) is 4.74 Å². The van der Waals surface area contributed by atoms with E-state index < -0.39 is 0 Å². The van der Waals surface area contributed by atoms with Crippen LogP contribution in [0.4, 0.5) is 0 Å². The SMILES string of the molecule is [CH2-]CCOCc1ccccc1C.[Na+]. The van der Waals surface area contributed by atoms with E-state index in [0.717, 1.165) is 13.0 Å². The van der Waals surface area contributed by atoms with Crippen LogP contribution < -0.4 is 29.6 Å². The van der Waals surface area contributed by atoms with Crippen molar-refractivity contribution in [3.05, 3.63) is 42.3 Å². The molecule has 0 fully saturated rings. The minimum absolute atomic E-state index is 0. The fourth-order valence-corrected chi connectivity index (χ4v) is 1.06. The van der Waals surface area contributed by atoms with E-state index in [1.54, 1.807) is 0 Å². The Morgan fingerprint density at radius 3 is 2.62 bits per heavy atom. The molecule has 0 amide bonds. The average molecular weight is 186 g/mol. The molecule has 1 aromatic carbocycles. The van der Waals surface area contributed by atoms with Crippen LogP contribution in [0.1, 0.15) is 17.5 Å². The van der Waals surface area contributed by atoms with Gasteiger partial charge in [0.15, 0.2) is 0 Å². The fraction of sp³-hybridized carbons (Fsp3) is 0.364. The third-order valence-corrected chi connectivity index (χ3v) is 1.81. The summed E-state index contributed by atoms with van der Waals surface area (Å²) in [5.74, 6) is 0. The van der Waals surface area contributed by atoms with Crippen molar-refractivity contribution in [2.45, 2.75) is 20.0 Å². The van der Waals surface area contributed by atoms with Crippen molar-refractivity contribution < 1.29 is 34.3 Å². The van der Waals surface area contributed by atoms with Crippen LogP contribution in [-0.4, -0.2) is 6.61 Å². The molecule has 0 radical (unpaired) electrons. The van der Waals surface area contributed by atoms with Gasteiger partial charge in [0, 0.05) is 6.61 Å². The van der Waals surface area contributed by atoms with Crippen molar-refractivity contribution in [3.8, 4) is 0 Å². The molecule has 0 aliphatic rings. The van der Waals surface area contributed by atoms with Crippen LogP contribution >= 0.6 is 0 Å². The second kappa shape index (κ2) is 7.57. The zero-order chi connectivity index (χ0) is 8.81. The molecule has 0 saturated heterocycles. The minimum atomic E-state index is 0. The molecule has 0 aliphatic heterocycles. The largest absolute Gasteiger partial charge is 1.00 e. The second-order valence-electron chi connectivity index (χ2n) is 2.83. The Balaban J connectivity index is 0.00000144. The predicted octanol–water partition coefficient (Wildman–Crippen LogP) is -0.260. The molecule has 1 aromatic rings. The molecule has 0 N–H and O–H groups in total. The third kappa shape index (κ3) is 4.82. The molecule has 2 heteroatoms. The normalized spacial score (nSPS) is 9.38. The standard InChI is InChI=1S/C11H15O.Na/c1-3-8-12-9-11-7-5-4-6-10(11)2;/h4-7H,1,3,8-9H2,2H3;/q-1;+1. The predicted molar refractivity (Wildman–Crippen MR) is 50.8 cm³/mol. The summed E-state index contributed by atoms with van der Waals surface area (Å²) in [7, 11) is 0. The van der Waals surface area contributed by atoms with Gasteiger partial charge in [-0.15, -0.1) is 0 Å². The number of hydrogen-bond donors (Lipinski definition) is 0. The van der Waals surface area contributed by atoms with Crippen molar-refractivity contribution in [2.75, 3.05) is 6.61 Å². The smallest absolute Gasteiger partial charge is 0.379 e. The van der Waals surface area contributed by atoms with Crippen molar-refractivity contribution in [2.24, 2.45) is 0 Å². The molecule has 0 bridgehead atoms. The molecule has 1 rings (SSSR count). The van der Waals surface area contributed by atoms with Crippen LogP contribution in [-0.2, 0) is 11.3 Å². The van der Waals surface area contributed by atoms with Gasteiger partial charge in [0.05, 0.1) is 6.61 Å². The van der Waals surface area contributed by atoms with Crippen LogP contribution in [0.2, 0.25) is 0 Å². The van der Waals surface area contributed by atoms with E-state index in [9.17, 15) is 0 Å². The molecule has 0 aliphatic carbocycles. The number of hydrogen-bond acceptors (Lipinski definition) is 1. The number of ether oxygens (including phenoxy) is 1. The molecule has 0 aromatic heterocycles. The monoisotopic (exact) mass is 186 g/mol. The van der Waals surface area contributed by atoms with Crippen LogP contribution in [0.15, 0.2) is 24.3 Å². The zero-order valence-electron chi connectivity index (χ0n) is 8.55. The van der Waals surface area contributed by atoms with Gasteiger partial charge in [-0.25, -0.2) is 0 Å². The minimum Gasteiger partial charge on any atom is -0.379 e. The van der Waals surface area contributed by atoms with Gasteiger partial charge in [-0.2, -0.15) is 6.42 Å². The summed E-state index contributed by atoms with van der Waals surface area (Å²) < 4.78 is 5.39. The number of rotatable bonds is 4. The molecule has 1 nitrogen and oxygen atoms in total. The van der Waals surface area contributed by atoms with E-state index in [-0.39, 0.29) is 29.6 Å². The van der Waals surface area contributed by atoms with Gasteiger partial charge >= 0.3 is 29.6 Å². The van der Waals surface area contributed by atoms with Gasteiger partial charge in [0.1, 0.15) is 0 Å². The fourth-order valence-electron chi connectivity index (χ4n) is 1.06. The van der Waals surface area contributed by atoms with E-state index in [1.165, 1.54) is 11.1 Å². The summed E-state index contributed by atoms with van der Waals surface area (Å²) in [5, 5.41) is 0. The zero-order valence-corrected chi connectivity index (χ0v) is 10.5. The summed E-state index contributed by atoms with van der Waals surface area (Å²) in [6.07, 6.45) is 0.839. The van der Waals surface area contributed by atoms with Crippen molar-refractivity contribution in [3.63, 3.8) is 0 Å². The number of aryl methyl sites for hydroxylation is 1. The average Bonchev–Trinajstić information content (AvgIpc) is 2.09. The van der Waals surface area contributed by atoms with Crippen LogP contribution in [0.25, 0.3) is 0 Å². The van der Waals surface area contributed by atoms with E-state index in [1.807, 2.05) is 12.1 Å². The molecule has 66 valence electrons. The molecule has 0 heterocycles. The molecular weight excluding hydrogens is 171 g/mol. The topological polar surface area (TPSA) is 9.23 Å². The summed E-state index contributed by atoms with van der Waals surface area (Å²) in [4.78, 5) is 0. The molecule has 13 heavy (non-hydrogen) atoms. The van der Waals surface area contributed by atoms with Gasteiger partial charge in [0.2, 0.25) is 0 Å². The Hall–Kier alpha value is 0.180. The maximum absolute atomic E-state index is 5.39. The molecule has 0 spiro atoms. The molecular formula is C11H15NaO. The molecule has 0 saturated carbocycles. The molecule has 0 atom stereocenters. The maximum Gasteiger partial charge on any atom is 1.00 e. The Morgan fingerprint density at radius 2 is 2.00 bits per heavy atom. The van der Waals surface area contributed by atoms with Gasteiger partial charge in [-0.05, 0) is 18.1 Å². The first kappa shape index (κ1) is 13.2. The van der Waals surface area contributed by atoms with Crippen LogP contribution in [0.3, 0.4) is 0 Å². The third-order valence-electron chi connectivity index (χ3n) is 1.81. The van der Waals surface area contributed by atoms with Crippen molar-refractivity contribution in [1.29, 1.82) is 0 Å². The number of benzene rings is 1. The quantitative estimate of drug-likeness (QED) is 0.357. The van der Waals surface area contributed by atoms with E-state index >= 15 is 0 Å². The Morgan fingerprint density at radius 1 is 1.31 bits per heavy atom. The Labute approximate surface area is 103 Å².